The van der Waals surface area contributed by atoms with E-state index in [0.717, 1.165) is 37.7 Å². The summed E-state index contributed by atoms with van der Waals surface area (Å²) in [5, 5.41) is 22.4. The van der Waals surface area contributed by atoms with E-state index in [9.17, 15) is 15.2 Å². The maximum atomic E-state index is 11.6. The van der Waals surface area contributed by atoms with Gasteiger partial charge in [-0.3, -0.25) is 10.1 Å². The second-order valence-electron chi connectivity index (χ2n) is 7.38. The van der Waals surface area contributed by atoms with E-state index in [2.05, 4.69) is 0 Å². The van der Waals surface area contributed by atoms with Crippen LogP contribution in [0.5, 0.6) is 0 Å². The number of aliphatic hydroxyl groups is 1. The molecule has 148 valence electrons. The van der Waals surface area contributed by atoms with Crippen molar-refractivity contribution in [2.75, 3.05) is 6.61 Å². The van der Waals surface area contributed by atoms with Crippen LogP contribution < -0.4 is 0 Å². The normalized spacial score (nSPS) is 37.5. The molecule has 6 atom stereocenters. The van der Waals surface area contributed by atoms with Crippen LogP contribution in [-0.4, -0.2) is 53.4 Å². The minimum atomic E-state index is -1.39. The van der Waals surface area contributed by atoms with Gasteiger partial charge in [-0.1, -0.05) is 49.6 Å². The van der Waals surface area contributed by atoms with Gasteiger partial charge in [0.25, 0.3) is 6.04 Å². The summed E-state index contributed by atoms with van der Waals surface area (Å²) < 4.78 is 23.3. The Morgan fingerprint density at radius 1 is 1.11 bits per heavy atom. The van der Waals surface area contributed by atoms with Crippen LogP contribution in [0, 0.1) is 10.1 Å². The minimum absolute atomic E-state index is 0.0718. The summed E-state index contributed by atoms with van der Waals surface area (Å²) >= 11 is 0. The maximum absolute atomic E-state index is 11.6. The van der Waals surface area contributed by atoms with Crippen molar-refractivity contribution in [1.82, 2.24) is 0 Å². The Morgan fingerprint density at radius 3 is 2.56 bits per heavy atom. The van der Waals surface area contributed by atoms with E-state index in [0.29, 0.717) is 0 Å². The Labute approximate surface area is 157 Å². The van der Waals surface area contributed by atoms with E-state index in [4.69, 9.17) is 18.9 Å². The van der Waals surface area contributed by atoms with Gasteiger partial charge in [0.1, 0.15) is 12.2 Å². The molecule has 2 heterocycles. The van der Waals surface area contributed by atoms with E-state index in [-0.39, 0.29) is 12.7 Å². The number of hydrogen-bond donors (Lipinski definition) is 1. The molecule has 0 amide bonds. The van der Waals surface area contributed by atoms with Crippen LogP contribution in [0.2, 0.25) is 0 Å². The molecule has 0 radical (unpaired) electrons. The van der Waals surface area contributed by atoms with Gasteiger partial charge in [0, 0.05) is 10.5 Å². The summed E-state index contributed by atoms with van der Waals surface area (Å²) in [5.41, 5.74) is 0.793. The average Bonchev–Trinajstić information content (AvgIpc) is 2.69. The molecule has 8 heteroatoms. The first-order chi connectivity index (χ1) is 13.1. The zero-order valence-electron chi connectivity index (χ0n) is 15.0. The van der Waals surface area contributed by atoms with Gasteiger partial charge in [-0.15, -0.1) is 0 Å². The Balaban J connectivity index is 1.48. The Kier molecular flexibility index (Phi) is 5.70. The zero-order chi connectivity index (χ0) is 18.8. The first kappa shape index (κ1) is 18.8. The number of fused-ring (bicyclic) bond motifs is 1. The van der Waals surface area contributed by atoms with Gasteiger partial charge in [-0.05, 0) is 12.8 Å². The molecule has 4 rings (SSSR count). The SMILES string of the molecule is O=[N+]([O-])[C@H]1[C@H](OC2CCCCC2)O[C@@H]2CO[C@@H](c3ccccc3)O[C@H]2[C@@H]1O. The Morgan fingerprint density at radius 2 is 1.85 bits per heavy atom. The van der Waals surface area contributed by atoms with Crippen LogP contribution in [0.1, 0.15) is 44.0 Å². The van der Waals surface area contributed by atoms with E-state index in [1.807, 2.05) is 30.3 Å². The van der Waals surface area contributed by atoms with E-state index in [1.54, 1.807) is 0 Å². The summed E-state index contributed by atoms with van der Waals surface area (Å²) in [6.45, 7) is 0.177. The largest absolute Gasteiger partial charge is 0.383 e. The summed E-state index contributed by atoms with van der Waals surface area (Å²) in [5.74, 6) is 0. The standard InChI is InChI=1S/C19H25NO7/c21-16-15(20(22)23)19(25-13-9-5-2-6-10-13)26-14-11-24-18(27-17(14)16)12-7-3-1-4-8-12/h1,3-4,7-8,13-19,21H,2,5-6,9-11H2/t14-,15-,16-,17-,18-,19-/m1/s1. The molecule has 2 saturated heterocycles. The predicted molar refractivity (Wildman–Crippen MR) is 93.4 cm³/mol. The van der Waals surface area contributed by atoms with Gasteiger partial charge < -0.3 is 24.1 Å². The van der Waals surface area contributed by atoms with Crippen molar-refractivity contribution >= 4 is 0 Å². The molecule has 1 saturated carbocycles. The number of rotatable bonds is 4. The number of nitro groups is 1. The van der Waals surface area contributed by atoms with Crippen LogP contribution in [0.3, 0.4) is 0 Å². The fourth-order valence-corrected chi connectivity index (χ4v) is 4.08. The molecule has 2 aliphatic heterocycles. The third-order valence-electron chi connectivity index (χ3n) is 5.53. The van der Waals surface area contributed by atoms with Crippen molar-refractivity contribution in [1.29, 1.82) is 0 Å². The molecule has 3 aliphatic rings. The first-order valence-corrected chi connectivity index (χ1v) is 9.58. The van der Waals surface area contributed by atoms with Crippen LogP contribution in [0.25, 0.3) is 0 Å². The number of benzene rings is 1. The number of nitrogens with zero attached hydrogens (tertiary/aromatic N) is 1. The smallest absolute Gasteiger partial charge is 0.291 e. The molecule has 0 spiro atoms. The third kappa shape index (κ3) is 4.00. The lowest BCUT2D eigenvalue weighted by Gasteiger charge is -2.45. The van der Waals surface area contributed by atoms with Gasteiger partial charge in [0.05, 0.1) is 12.7 Å². The molecule has 0 bridgehead atoms. The average molecular weight is 379 g/mol. The number of ether oxygens (including phenoxy) is 4. The van der Waals surface area contributed by atoms with Gasteiger partial charge in [0.2, 0.25) is 6.29 Å². The molecule has 0 aromatic heterocycles. The topological polar surface area (TPSA) is 100 Å². The van der Waals surface area contributed by atoms with Crippen molar-refractivity contribution in [3.05, 3.63) is 46.0 Å². The van der Waals surface area contributed by atoms with Gasteiger partial charge in [-0.2, -0.15) is 0 Å². The van der Waals surface area contributed by atoms with Crippen molar-refractivity contribution in [3.63, 3.8) is 0 Å². The Bertz CT molecular complexity index is 636. The van der Waals surface area contributed by atoms with Crippen molar-refractivity contribution in [2.45, 2.75) is 75.1 Å². The van der Waals surface area contributed by atoms with Gasteiger partial charge in [-0.25, -0.2) is 0 Å². The van der Waals surface area contributed by atoms with Crippen molar-refractivity contribution < 1.29 is 29.0 Å². The fourth-order valence-electron chi connectivity index (χ4n) is 4.08. The maximum Gasteiger partial charge on any atom is 0.291 e. The number of hydrogen-bond acceptors (Lipinski definition) is 7. The summed E-state index contributed by atoms with van der Waals surface area (Å²) in [4.78, 5) is 11.1. The highest BCUT2D eigenvalue weighted by Crippen LogP contribution is 2.36. The first-order valence-electron chi connectivity index (χ1n) is 9.58. The molecule has 1 aromatic rings. The van der Waals surface area contributed by atoms with E-state index in [1.165, 1.54) is 0 Å². The molecule has 8 nitrogen and oxygen atoms in total. The lowest BCUT2D eigenvalue weighted by Crippen LogP contribution is -2.64. The van der Waals surface area contributed by atoms with Crippen molar-refractivity contribution in [2.24, 2.45) is 0 Å². The molecule has 27 heavy (non-hydrogen) atoms. The summed E-state index contributed by atoms with van der Waals surface area (Å²) in [7, 11) is 0. The van der Waals surface area contributed by atoms with E-state index >= 15 is 0 Å². The molecule has 1 N–H and O–H groups in total. The molecule has 1 aliphatic carbocycles. The molecular formula is C19H25NO7. The van der Waals surface area contributed by atoms with Gasteiger partial charge >= 0.3 is 0 Å². The highest BCUT2D eigenvalue weighted by Gasteiger charge is 2.56. The molecular weight excluding hydrogens is 354 g/mol. The molecule has 3 fully saturated rings. The fraction of sp³-hybridized carbons (Fsp3) is 0.684. The highest BCUT2D eigenvalue weighted by atomic mass is 16.8. The van der Waals surface area contributed by atoms with Crippen LogP contribution in [0.4, 0.5) is 0 Å². The lowest BCUT2D eigenvalue weighted by molar-refractivity contribution is -0.580. The lowest BCUT2D eigenvalue weighted by atomic mass is 9.95. The highest BCUT2D eigenvalue weighted by molar-refractivity contribution is 5.16. The Hall–Kier alpha value is -1.58. The van der Waals surface area contributed by atoms with Crippen LogP contribution in [0.15, 0.2) is 30.3 Å². The summed E-state index contributed by atoms with van der Waals surface area (Å²) in [6, 6.07) is 7.90. The molecule has 0 unspecified atom stereocenters. The van der Waals surface area contributed by atoms with Crippen LogP contribution >= 0.6 is 0 Å². The zero-order valence-corrected chi connectivity index (χ0v) is 15.0. The third-order valence-corrected chi connectivity index (χ3v) is 5.53. The predicted octanol–water partition coefficient (Wildman–Crippen LogP) is 2.18. The van der Waals surface area contributed by atoms with Crippen molar-refractivity contribution in [3.8, 4) is 0 Å². The number of aliphatic hydroxyl groups excluding tert-OH is 1. The van der Waals surface area contributed by atoms with Crippen LogP contribution in [-0.2, 0) is 18.9 Å². The van der Waals surface area contributed by atoms with Gasteiger partial charge in [0.15, 0.2) is 12.4 Å². The monoisotopic (exact) mass is 379 g/mol. The second kappa shape index (κ2) is 8.20. The summed E-state index contributed by atoms with van der Waals surface area (Å²) in [6.07, 6.45) is 0.318. The second-order valence-corrected chi connectivity index (χ2v) is 7.38. The minimum Gasteiger partial charge on any atom is -0.383 e. The quantitative estimate of drug-likeness (QED) is 0.632. The van der Waals surface area contributed by atoms with E-state index < -0.39 is 41.9 Å². The molecule has 1 aromatic carbocycles.